The first-order valence-corrected chi connectivity index (χ1v) is 8.66. The number of hydrogen-bond acceptors (Lipinski definition) is 1. The van der Waals surface area contributed by atoms with Crippen molar-refractivity contribution >= 4 is 10.9 Å². The van der Waals surface area contributed by atoms with Crippen LogP contribution in [0.15, 0.2) is 23.0 Å². The molecule has 0 radical (unpaired) electrons. The van der Waals surface area contributed by atoms with Gasteiger partial charge in [0.25, 0.3) is 0 Å². The molecule has 0 amide bonds. The van der Waals surface area contributed by atoms with Crippen molar-refractivity contribution in [1.82, 2.24) is 0 Å². The molecule has 2 heteroatoms. The minimum atomic E-state index is -0.0631. The Morgan fingerprint density at radius 3 is 2.24 bits per heavy atom. The van der Waals surface area contributed by atoms with Crippen molar-refractivity contribution < 1.29 is 5.11 Å². The zero-order chi connectivity index (χ0) is 12.3. The number of hydrogen-bond donors (Lipinski definition) is 2. The Morgan fingerprint density at radius 1 is 0.941 bits per heavy atom. The maximum atomic E-state index is 9.13. The molecule has 1 rings (SSSR count). The summed E-state index contributed by atoms with van der Waals surface area (Å²) in [6.45, 7) is 2.61. The standard InChI is InChI=1S/C15H28OS/c1-2-3-4-5-6-7-10-15(11-12-16)17-13-8-9-14-17/h8-9,13-17H,2-7,10-12H2,1H3. The largest absolute Gasteiger partial charge is 0.396 e. The van der Waals surface area contributed by atoms with Gasteiger partial charge in [-0.05, 0) is 28.9 Å². The topological polar surface area (TPSA) is 20.2 Å². The summed E-state index contributed by atoms with van der Waals surface area (Å²) in [6, 6.07) is 0. The van der Waals surface area contributed by atoms with Gasteiger partial charge in [0.05, 0.1) is 0 Å². The number of aliphatic hydroxyl groups is 1. The van der Waals surface area contributed by atoms with Gasteiger partial charge < -0.3 is 5.11 Å². The third-order valence-electron chi connectivity index (χ3n) is 3.40. The second-order valence-corrected chi connectivity index (χ2v) is 7.07. The molecule has 17 heavy (non-hydrogen) atoms. The molecule has 0 bridgehead atoms. The Balaban J connectivity index is 2.12. The first-order chi connectivity index (χ1) is 8.38. The molecule has 1 unspecified atom stereocenters. The summed E-state index contributed by atoms with van der Waals surface area (Å²) in [4.78, 5) is 0. The van der Waals surface area contributed by atoms with Crippen molar-refractivity contribution in [2.45, 2.75) is 63.5 Å². The molecule has 0 fully saturated rings. The predicted molar refractivity (Wildman–Crippen MR) is 80.7 cm³/mol. The summed E-state index contributed by atoms with van der Waals surface area (Å²) in [5.41, 5.74) is 0. The van der Waals surface area contributed by atoms with Crippen LogP contribution in [-0.4, -0.2) is 17.0 Å². The highest BCUT2D eigenvalue weighted by Gasteiger charge is 2.14. The van der Waals surface area contributed by atoms with E-state index in [0.29, 0.717) is 6.61 Å². The molecule has 0 saturated heterocycles. The summed E-state index contributed by atoms with van der Waals surface area (Å²) >= 11 is 0. The highest BCUT2D eigenvalue weighted by Crippen LogP contribution is 2.42. The van der Waals surface area contributed by atoms with Gasteiger partial charge in [-0.25, -0.2) is 10.9 Å². The third-order valence-corrected chi connectivity index (χ3v) is 5.79. The molecule has 1 aliphatic rings. The lowest BCUT2D eigenvalue weighted by Crippen LogP contribution is -2.08. The molecule has 1 aliphatic heterocycles. The van der Waals surface area contributed by atoms with Gasteiger partial charge >= 0.3 is 0 Å². The van der Waals surface area contributed by atoms with Crippen molar-refractivity contribution in [3.8, 4) is 0 Å². The van der Waals surface area contributed by atoms with E-state index in [4.69, 9.17) is 5.11 Å². The van der Waals surface area contributed by atoms with Gasteiger partial charge in [0.1, 0.15) is 0 Å². The Labute approximate surface area is 109 Å². The zero-order valence-electron chi connectivity index (χ0n) is 11.1. The highest BCUT2D eigenvalue weighted by molar-refractivity contribution is 8.22. The van der Waals surface area contributed by atoms with Crippen molar-refractivity contribution in [3.63, 3.8) is 0 Å². The Hall–Kier alpha value is -0.210. The summed E-state index contributed by atoms with van der Waals surface area (Å²) in [5, 5.41) is 14.5. The maximum Gasteiger partial charge on any atom is 0.0441 e. The lowest BCUT2D eigenvalue weighted by atomic mass is 10.1. The van der Waals surface area contributed by atoms with Gasteiger partial charge in [-0.1, -0.05) is 57.6 Å². The molecule has 0 saturated carbocycles. The molecule has 0 aromatic rings. The second-order valence-electron chi connectivity index (χ2n) is 4.85. The van der Waals surface area contributed by atoms with E-state index in [1.54, 1.807) is 0 Å². The van der Waals surface area contributed by atoms with Crippen molar-refractivity contribution in [1.29, 1.82) is 0 Å². The minimum absolute atomic E-state index is 0.0631. The van der Waals surface area contributed by atoms with Gasteiger partial charge in [-0.3, -0.25) is 0 Å². The molecule has 1 nitrogen and oxygen atoms in total. The van der Waals surface area contributed by atoms with Crippen LogP contribution >= 0.6 is 10.9 Å². The van der Waals surface area contributed by atoms with Gasteiger partial charge in [0.2, 0.25) is 0 Å². The van der Waals surface area contributed by atoms with E-state index >= 15 is 0 Å². The van der Waals surface area contributed by atoms with E-state index in [1.165, 1.54) is 44.9 Å². The van der Waals surface area contributed by atoms with Crippen LogP contribution in [0.1, 0.15) is 58.3 Å². The van der Waals surface area contributed by atoms with Crippen LogP contribution in [0.3, 0.4) is 0 Å². The predicted octanol–water partition coefficient (Wildman–Crippen LogP) is 4.53. The Morgan fingerprint density at radius 2 is 1.59 bits per heavy atom. The van der Waals surface area contributed by atoms with E-state index in [9.17, 15) is 0 Å². The first-order valence-electron chi connectivity index (χ1n) is 7.11. The number of unbranched alkanes of at least 4 members (excludes halogenated alkanes) is 5. The van der Waals surface area contributed by atoms with Crippen LogP contribution in [0.5, 0.6) is 0 Å². The van der Waals surface area contributed by atoms with Crippen LogP contribution in [0.2, 0.25) is 0 Å². The van der Waals surface area contributed by atoms with Crippen LogP contribution < -0.4 is 0 Å². The van der Waals surface area contributed by atoms with Gasteiger partial charge in [0.15, 0.2) is 0 Å². The fraction of sp³-hybridized carbons (Fsp3) is 0.733. The minimum Gasteiger partial charge on any atom is -0.396 e. The lowest BCUT2D eigenvalue weighted by Gasteiger charge is -2.23. The summed E-state index contributed by atoms with van der Waals surface area (Å²) in [7, 11) is -0.0631. The fourth-order valence-electron chi connectivity index (χ4n) is 2.34. The SMILES string of the molecule is CCCCCCCCC(CCO)[SH]1C=CC=C1. The van der Waals surface area contributed by atoms with Crippen LogP contribution in [0, 0.1) is 0 Å². The third kappa shape index (κ3) is 6.32. The summed E-state index contributed by atoms with van der Waals surface area (Å²) < 4.78 is 0. The Kier molecular flexibility index (Phi) is 8.55. The van der Waals surface area contributed by atoms with E-state index in [0.717, 1.165) is 11.7 Å². The first kappa shape index (κ1) is 14.8. The van der Waals surface area contributed by atoms with E-state index in [2.05, 4.69) is 29.9 Å². The smallest absolute Gasteiger partial charge is 0.0441 e. The maximum absolute atomic E-state index is 9.13. The Bertz CT molecular complexity index is 223. The number of rotatable bonds is 10. The quantitative estimate of drug-likeness (QED) is 0.434. The van der Waals surface area contributed by atoms with Gasteiger partial charge in [-0.2, -0.15) is 0 Å². The average Bonchev–Trinajstić information content (AvgIpc) is 2.86. The fourth-order valence-corrected chi connectivity index (χ4v) is 4.42. The van der Waals surface area contributed by atoms with Crippen molar-refractivity contribution in [2.75, 3.05) is 6.61 Å². The molecular formula is C15H28OS. The molecule has 0 aromatic heterocycles. The van der Waals surface area contributed by atoms with E-state index < -0.39 is 0 Å². The molecule has 1 N–H and O–H groups in total. The highest BCUT2D eigenvalue weighted by atomic mass is 32.2. The summed E-state index contributed by atoms with van der Waals surface area (Å²) in [5.74, 6) is 0. The molecule has 0 aromatic carbocycles. The van der Waals surface area contributed by atoms with E-state index in [-0.39, 0.29) is 10.9 Å². The molecule has 1 heterocycles. The molecular weight excluding hydrogens is 228 g/mol. The van der Waals surface area contributed by atoms with Crippen LogP contribution in [0.4, 0.5) is 0 Å². The number of aliphatic hydroxyl groups excluding tert-OH is 1. The van der Waals surface area contributed by atoms with E-state index in [1.807, 2.05) is 0 Å². The van der Waals surface area contributed by atoms with Crippen molar-refractivity contribution in [3.05, 3.63) is 23.0 Å². The second kappa shape index (κ2) is 9.78. The van der Waals surface area contributed by atoms with Crippen molar-refractivity contribution in [2.24, 2.45) is 0 Å². The molecule has 1 atom stereocenters. The average molecular weight is 256 g/mol. The van der Waals surface area contributed by atoms with Gasteiger partial charge in [0, 0.05) is 6.61 Å². The lowest BCUT2D eigenvalue weighted by molar-refractivity contribution is 0.284. The number of allylic oxidation sites excluding steroid dienone is 2. The normalized spacial score (nSPS) is 17.9. The molecule has 0 spiro atoms. The number of thiol groups is 1. The van der Waals surface area contributed by atoms with Crippen LogP contribution in [-0.2, 0) is 0 Å². The molecule has 100 valence electrons. The monoisotopic (exact) mass is 256 g/mol. The summed E-state index contributed by atoms with van der Waals surface area (Å²) in [6.07, 6.45) is 14.8. The molecule has 0 aliphatic carbocycles. The van der Waals surface area contributed by atoms with Gasteiger partial charge in [-0.15, -0.1) is 0 Å². The zero-order valence-corrected chi connectivity index (χ0v) is 12.0. The van der Waals surface area contributed by atoms with Crippen LogP contribution in [0.25, 0.3) is 0 Å².